The van der Waals surface area contributed by atoms with Crippen LogP contribution < -0.4 is 9.44 Å². The maximum Gasteiger partial charge on any atom is 0.402 e. The Morgan fingerprint density at radius 3 is 2.24 bits per heavy atom. The van der Waals surface area contributed by atoms with Crippen LogP contribution in [-0.2, 0) is 23.1 Å². The van der Waals surface area contributed by atoms with Crippen molar-refractivity contribution >= 4 is 10.2 Å². The van der Waals surface area contributed by atoms with E-state index in [-0.39, 0.29) is 11.8 Å². The van der Waals surface area contributed by atoms with E-state index in [1.54, 1.807) is 4.72 Å². The maximum atomic E-state index is 12.5. The van der Waals surface area contributed by atoms with Crippen LogP contribution in [0.25, 0.3) is 22.9 Å². The van der Waals surface area contributed by atoms with Crippen LogP contribution in [0.2, 0.25) is 0 Å². The number of alkyl halides is 3. The molecule has 1 heterocycles. The normalized spacial score (nSPS) is 22.4. The highest BCUT2D eigenvalue weighted by atomic mass is 32.2. The molecule has 0 aliphatic heterocycles. The highest BCUT2D eigenvalue weighted by molar-refractivity contribution is 7.87. The van der Waals surface area contributed by atoms with Crippen molar-refractivity contribution in [3.63, 3.8) is 0 Å². The summed E-state index contributed by atoms with van der Waals surface area (Å²) in [7, 11) is -4.27. The molecule has 0 amide bonds. The highest BCUT2D eigenvalue weighted by Crippen LogP contribution is 2.41. The second-order valence-electron chi connectivity index (χ2n) is 8.85. The molecule has 11 heteroatoms. The Morgan fingerprint density at radius 1 is 0.912 bits per heavy atom. The third-order valence-electron chi connectivity index (χ3n) is 6.54. The van der Waals surface area contributed by atoms with Crippen molar-refractivity contribution in [1.29, 1.82) is 0 Å². The minimum absolute atomic E-state index is 0.00785. The van der Waals surface area contributed by atoms with Crippen LogP contribution in [0.15, 0.2) is 52.9 Å². The van der Waals surface area contributed by atoms with Gasteiger partial charge in [0.2, 0.25) is 11.8 Å². The molecule has 1 aromatic heterocycles. The summed E-state index contributed by atoms with van der Waals surface area (Å²) in [6.45, 7) is -1.59. The molecule has 3 unspecified atom stereocenters. The fourth-order valence-electron chi connectivity index (χ4n) is 4.97. The lowest BCUT2D eigenvalue weighted by Gasteiger charge is -2.23. The molecule has 5 rings (SSSR count). The van der Waals surface area contributed by atoms with Gasteiger partial charge in [-0.15, -0.1) is 10.2 Å². The van der Waals surface area contributed by atoms with Gasteiger partial charge in [0.05, 0.1) is 0 Å². The fourth-order valence-corrected chi connectivity index (χ4v) is 6.15. The van der Waals surface area contributed by atoms with E-state index in [4.69, 9.17) is 4.42 Å². The third-order valence-corrected chi connectivity index (χ3v) is 7.65. The minimum atomic E-state index is -4.61. The van der Waals surface area contributed by atoms with Gasteiger partial charge in [-0.1, -0.05) is 24.3 Å². The second-order valence-corrected chi connectivity index (χ2v) is 10.4. The fraction of sp³-hybridized carbons (Fsp3) is 0.391. The zero-order valence-electron chi connectivity index (χ0n) is 18.0. The second kappa shape index (κ2) is 8.79. The van der Waals surface area contributed by atoms with Crippen LogP contribution in [-0.4, -0.2) is 37.4 Å². The lowest BCUT2D eigenvalue weighted by Crippen LogP contribution is -2.49. The zero-order valence-corrected chi connectivity index (χ0v) is 18.9. The number of hydrogen-bond donors (Lipinski definition) is 2. The number of hydrogen-bond acceptors (Lipinski definition) is 5. The monoisotopic (exact) mass is 492 g/mol. The largest absolute Gasteiger partial charge is 0.416 e. The summed E-state index contributed by atoms with van der Waals surface area (Å²) >= 11 is 0. The summed E-state index contributed by atoms with van der Waals surface area (Å²) in [5, 5.41) is 8.32. The number of fused-ring (bicyclic) bond motifs is 3. The molecule has 0 saturated heterocycles. The van der Waals surface area contributed by atoms with Crippen LogP contribution in [0.3, 0.4) is 0 Å². The first kappa shape index (κ1) is 23.0. The molecule has 3 atom stereocenters. The van der Waals surface area contributed by atoms with Crippen molar-refractivity contribution in [3.8, 4) is 22.9 Å². The van der Waals surface area contributed by atoms with Gasteiger partial charge in [0, 0.05) is 17.2 Å². The molecule has 34 heavy (non-hydrogen) atoms. The Balaban J connectivity index is 1.34. The van der Waals surface area contributed by atoms with E-state index in [2.05, 4.69) is 14.9 Å². The van der Waals surface area contributed by atoms with Crippen molar-refractivity contribution in [1.82, 2.24) is 19.6 Å². The van der Waals surface area contributed by atoms with Crippen LogP contribution >= 0.6 is 0 Å². The summed E-state index contributed by atoms with van der Waals surface area (Å²) in [6.07, 6.45) is -1.72. The average molecular weight is 493 g/mol. The minimum Gasteiger partial charge on any atom is -0.416 e. The molecule has 7 nitrogen and oxygen atoms in total. The summed E-state index contributed by atoms with van der Waals surface area (Å²) in [5.41, 5.74) is 3.76. The van der Waals surface area contributed by atoms with Gasteiger partial charge < -0.3 is 4.42 Å². The van der Waals surface area contributed by atoms with Gasteiger partial charge in [-0.05, 0) is 72.9 Å². The predicted molar refractivity (Wildman–Crippen MR) is 119 cm³/mol. The molecule has 3 aromatic rings. The topological polar surface area (TPSA) is 97.1 Å². The van der Waals surface area contributed by atoms with Crippen molar-refractivity contribution < 1.29 is 26.0 Å². The van der Waals surface area contributed by atoms with Crippen molar-refractivity contribution in [2.45, 2.75) is 37.9 Å². The molecular weight excluding hydrogens is 469 g/mol. The van der Waals surface area contributed by atoms with Gasteiger partial charge in [0.15, 0.2) is 0 Å². The molecule has 0 radical (unpaired) electrons. The summed E-state index contributed by atoms with van der Waals surface area (Å²) in [5.74, 6) is 0.828. The molecule has 1 fully saturated rings. The van der Waals surface area contributed by atoms with E-state index in [1.165, 1.54) is 0 Å². The third kappa shape index (κ3) is 5.01. The maximum absolute atomic E-state index is 12.5. The Morgan fingerprint density at radius 2 is 1.56 bits per heavy atom. The molecule has 2 aliphatic carbocycles. The number of benzene rings is 2. The number of nitrogens with zero attached hydrogens (tertiary/aromatic N) is 2. The van der Waals surface area contributed by atoms with Crippen molar-refractivity contribution in [3.05, 3.63) is 59.7 Å². The quantitative estimate of drug-likeness (QED) is 0.544. The first-order chi connectivity index (χ1) is 16.2. The molecule has 2 N–H and O–H groups in total. The van der Waals surface area contributed by atoms with Crippen LogP contribution in [0.4, 0.5) is 13.2 Å². The van der Waals surface area contributed by atoms with Crippen LogP contribution in [0, 0.1) is 11.8 Å². The van der Waals surface area contributed by atoms with E-state index < -0.39 is 29.0 Å². The lowest BCUT2D eigenvalue weighted by atomic mass is 9.92. The first-order valence-electron chi connectivity index (χ1n) is 11.0. The molecule has 180 valence electrons. The Hall–Kier alpha value is -2.76. The van der Waals surface area contributed by atoms with Gasteiger partial charge in [-0.25, -0.2) is 0 Å². The van der Waals surface area contributed by atoms with E-state index in [9.17, 15) is 21.6 Å². The van der Waals surface area contributed by atoms with Crippen molar-refractivity contribution in [2.75, 3.05) is 6.54 Å². The average Bonchev–Trinajstić information content (AvgIpc) is 3.38. The van der Waals surface area contributed by atoms with Crippen molar-refractivity contribution in [2.24, 2.45) is 11.8 Å². The zero-order chi connectivity index (χ0) is 23.9. The molecule has 2 aliphatic rings. The molecule has 0 spiro atoms. The number of aromatic nitrogens is 2. The lowest BCUT2D eigenvalue weighted by molar-refractivity contribution is -0.121. The Labute approximate surface area is 195 Å². The SMILES string of the molecule is O=S(=O)(NCC(F)(F)F)NC1C2CCC1Cc1cc(-c3nnc(-c4ccccc4)o3)ccc1C2. The van der Waals surface area contributed by atoms with E-state index >= 15 is 0 Å². The summed E-state index contributed by atoms with van der Waals surface area (Å²) in [6, 6.07) is 14.9. The summed E-state index contributed by atoms with van der Waals surface area (Å²) < 4.78 is 71.9. The van der Waals surface area contributed by atoms with Gasteiger partial charge in [0.25, 0.3) is 10.2 Å². The van der Waals surface area contributed by atoms with Crippen LogP contribution in [0.1, 0.15) is 24.0 Å². The van der Waals surface area contributed by atoms with E-state index in [1.807, 2.05) is 48.5 Å². The molecule has 2 aromatic carbocycles. The Kier molecular flexibility index (Phi) is 5.95. The van der Waals surface area contributed by atoms with Gasteiger partial charge >= 0.3 is 6.18 Å². The smallest absolute Gasteiger partial charge is 0.402 e. The van der Waals surface area contributed by atoms with Gasteiger partial charge in [-0.3, -0.25) is 0 Å². The van der Waals surface area contributed by atoms with E-state index in [0.717, 1.165) is 35.1 Å². The van der Waals surface area contributed by atoms with Gasteiger partial charge in [-0.2, -0.15) is 31.0 Å². The molecule has 1 saturated carbocycles. The number of halogens is 3. The van der Waals surface area contributed by atoms with E-state index in [0.29, 0.717) is 24.6 Å². The molecule has 2 bridgehead atoms. The number of nitrogens with one attached hydrogen (secondary N) is 2. The number of rotatable bonds is 6. The first-order valence-corrected chi connectivity index (χ1v) is 12.5. The molecular formula is C23H23F3N4O3S. The van der Waals surface area contributed by atoms with Gasteiger partial charge in [0.1, 0.15) is 6.54 Å². The summed E-state index contributed by atoms with van der Waals surface area (Å²) in [4.78, 5) is 0. The van der Waals surface area contributed by atoms with Crippen LogP contribution in [0.5, 0.6) is 0 Å². The Bertz CT molecular complexity index is 1280. The predicted octanol–water partition coefficient (Wildman–Crippen LogP) is 3.88. The highest BCUT2D eigenvalue weighted by Gasteiger charge is 2.41. The standard InChI is InChI=1S/C23H23F3N4O3S/c24-23(25,26)13-27-34(31,32)30-20-16-7-8-17(20)11-19-12-18(9-6-15(19)10-16)22-29-28-21(33-22)14-4-2-1-3-5-14/h1-6,9,12,16-17,20,27,30H,7-8,10-11,13H2.